The molecule has 0 radical (unpaired) electrons. The number of allylic oxidation sites excluding steroid dienone is 2. The molecule has 2 aliphatic heterocycles. The zero-order chi connectivity index (χ0) is 20.1. The highest BCUT2D eigenvalue weighted by atomic mass is 32.2. The van der Waals surface area contributed by atoms with Gasteiger partial charge in [0.05, 0.1) is 16.5 Å². The number of carbonyl (C=O) groups is 1. The average Bonchev–Trinajstić information content (AvgIpc) is 3.31. The van der Waals surface area contributed by atoms with Crippen molar-refractivity contribution in [1.29, 1.82) is 0 Å². The lowest BCUT2D eigenvalue weighted by molar-refractivity contribution is -0.122. The fourth-order valence-corrected chi connectivity index (χ4v) is 5.56. The van der Waals surface area contributed by atoms with Crippen LogP contribution in [-0.2, 0) is 17.8 Å². The lowest BCUT2D eigenvalue weighted by atomic mass is 10.1. The Labute approximate surface area is 185 Å². The van der Waals surface area contributed by atoms with Gasteiger partial charge in [0.2, 0.25) is 0 Å². The van der Waals surface area contributed by atoms with Crippen molar-refractivity contribution in [3.63, 3.8) is 0 Å². The molecule has 0 atom stereocenters. The third-order valence-corrected chi connectivity index (χ3v) is 7.34. The number of hydrogen-bond donors (Lipinski definition) is 0. The Morgan fingerprint density at radius 3 is 2.38 bits per heavy atom. The Morgan fingerprint density at radius 2 is 1.66 bits per heavy atom. The molecule has 3 nitrogen and oxygen atoms in total. The number of benzene rings is 2. The summed E-state index contributed by atoms with van der Waals surface area (Å²) in [5, 5.41) is 1.23. The van der Waals surface area contributed by atoms with E-state index in [2.05, 4.69) is 41.3 Å². The predicted molar refractivity (Wildman–Crippen MR) is 128 cm³/mol. The normalized spacial score (nSPS) is 19.7. The molecule has 0 spiro atoms. The number of hydrogen-bond acceptors (Lipinski definition) is 5. The molecule has 2 aromatic rings. The van der Waals surface area contributed by atoms with Crippen LogP contribution in [0, 0.1) is 0 Å². The molecule has 2 saturated heterocycles. The lowest BCUT2D eigenvalue weighted by Crippen LogP contribution is -2.27. The number of nitrogens with zero attached hydrogens (tertiary/aromatic N) is 2. The molecule has 0 unspecified atom stereocenters. The minimum atomic E-state index is -0.000430. The molecule has 2 fully saturated rings. The van der Waals surface area contributed by atoms with Gasteiger partial charge in [0, 0.05) is 18.8 Å². The summed E-state index contributed by atoms with van der Waals surface area (Å²) in [5.41, 5.74) is 2.44. The second kappa shape index (κ2) is 9.65. The third kappa shape index (κ3) is 5.13. The minimum Gasteiger partial charge on any atom is -0.365 e. The van der Waals surface area contributed by atoms with Crippen molar-refractivity contribution in [2.75, 3.05) is 18.8 Å². The number of amides is 1. The van der Waals surface area contributed by atoms with E-state index in [1.54, 1.807) is 4.90 Å². The zero-order valence-electron chi connectivity index (χ0n) is 16.0. The van der Waals surface area contributed by atoms with E-state index in [1.807, 2.05) is 48.2 Å². The van der Waals surface area contributed by atoms with Crippen LogP contribution in [0.5, 0.6) is 0 Å². The molecule has 4 rings (SSSR count). The quantitative estimate of drug-likeness (QED) is 0.463. The van der Waals surface area contributed by atoms with E-state index in [1.165, 1.54) is 22.4 Å². The summed E-state index contributed by atoms with van der Waals surface area (Å²) in [5.74, 6) is 1.09. The summed E-state index contributed by atoms with van der Waals surface area (Å²) in [4.78, 5) is 17.6. The SMILES string of the molecule is O=C1/C(=C\C=C2\SCCN2CCc2ccccc2)SC(=S)N1Cc1ccccc1. The molecular weight excluding hydrogens is 416 g/mol. The van der Waals surface area contributed by atoms with Gasteiger partial charge in [-0.1, -0.05) is 84.6 Å². The van der Waals surface area contributed by atoms with Crippen LogP contribution in [0.4, 0.5) is 0 Å². The van der Waals surface area contributed by atoms with Gasteiger partial charge in [-0.15, -0.1) is 11.8 Å². The van der Waals surface area contributed by atoms with Crippen LogP contribution in [0.2, 0.25) is 0 Å². The van der Waals surface area contributed by atoms with Crippen LogP contribution in [-0.4, -0.2) is 38.9 Å². The van der Waals surface area contributed by atoms with Crippen LogP contribution in [0.25, 0.3) is 0 Å². The highest BCUT2D eigenvalue weighted by molar-refractivity contribution is 8.26. The fraction of sp³-hybridized carbons (Fsp3) is 0.217. The minimum absolute atomic E-state index is 0.000430. The van der Waals surface area contributed by atoms with Crippen LogP contribution in [0.15, 0.2) is 82.7 Å². The van der Waals surface area contributed by atoms with Crippen molar-refractivity contribution in [2.45, 2.75) is 13.0 Å². The molecule has 0 saturated carbocycles. The third-order valence-electron chi connectivity index (χ3n) is 4.87. The van der Waals surface area contributed by atoms with Gasteiger partial charge in [-0.2, -0.15) is 0 Å². The Bertz CT molecular complexity index is 941. The molecular formula is C23H22N2OS3. The number of rotatable bonds is 6. The monoisotopic (exact) mass is 438 g/mol. The highest BCUT2D eigenvalue weighted by Gasteiger charge is 2.31. The van der Waals surface area contributed by atoms with Crippen molar-refractivity contribution in [1.82, 2.24) is 9.80 Å². The zero-order valence-corrected chi connectivity index (χ0v) is 18.4. The Hall–Kier alpha value is -2.02. The first-order valence-electron chi connectivity index (χ1n) is 9.62. The van der Waals surface area contributed by atoms with Gasteiger partial charge in [0.1, 0.15) is 4.32 Å². The predicted octanol–water partition coefficient (Wildman–Crippen LogP) is 5.06. The number of carbonyl (C=O) groups excluding carboxylic acids is 1. The van der Waals surface area contributed by atoms with Gasteiger partial charge >= 0.3 is 0 Å². The van der Waals surface area contributed by atoms with Gasteiger partial charge in [-0.3, -0.25) is 9.69 Å². The first-order chi connectivity index (χ1) is 14.2. The maximum atomic E-state index is 12.8. The maximum absolute atomic E-state index is 12.8. The summed E-state index contributed by atoms with van der Waals surface area (Å²) in [6.07, 6.45) is 5.04. The molecule has 0 N–H and O–H groups in total. The largest absolute Gasteiger partial charge is 0.365 e. The smallest absolute Gasteiger partial charge is 0.266 e. The van der Waals surface area contributed by atoms with Crippen LogP contribution >= 0.6 is 35.7 Å². The maximum Gasteiger partial charge on any atom is 0.266 e. The average molecular weight is 439 g/mol. The van der Waals surface area contributed by atoms with Gasteiger partial charge in [0.25, 0.3) is 5.91 Å². The Morgan fingerprint density at radius 1 is 0.966 bits per heavy atom. The Balaban J connectivity index is 1.41. The molecule has 0 aliphatic carbocycles. The van der Waals surface area contributed by atoms with Gasteiger partial charge in [-0.25, -0.2) is 0 Å². The van der Waals surface area contributed by atoms with Crippen molar-refractivity contribution in [3.05, 3.63) is 93.9 Å². The van der Waals surface area contributed by atoms with Gasteiger partial charge in [-0.05, 0) is 29.7 Å². The molecule has 6 heteroatoms. The van der Waals surface area contributed by atoms with Crippen LogP contribution < -0.4 is 0 Å². The van der Waals surface area contributed by atoms with Crippen molar-refractivity contribution in [3.8, 4) is 0 Å². The Kier molecular flexibility index (Phi) is 6.74. The van der Waals surface area contributed by atoms with E-state index in [4.69, 9.17) is 12.2 Å². The molecule has 2 heterocycles. The highest BCUT2D eigenvalue weighted by Crippen LogP contribution is 2.34. The van der Waals surface area contributed by atoms with E-state index in [0.29, 0.717) is 15.8 Å². The summed E-state index contributed by atoms with van der Waals surface area (Å²) >= 11 is 8.69. The van der Waals surface area contributed by atoms with Crippen molar-refractivity contribution < 1.29 is 4.79 Å². The standard InChI is InChI=1S/C23H22N2OS3/c26-22-20(29-23(27)25(22)17-19-9-5-2-6-10-19)11-12-21-24(15-16-28-21)14-13-18-7-3-1-4-8-18/h1-12H,13-17H2/b20-11+,21-12+. The van der Waals surface area contributed by atoms with E-state index < -0.39 is 0 Å². The molecule has 148 valence electrons. The van der Waals surface area contributed by atoms with E-state index in [9.17, 15) is 4.79 Å². The van der Waals surface area contributed by atoms with Gasteiger partial charge < -0.3 is 4.90 Å². The van der Waals surface area contributed by atoms with Crippen molar-refractivity contribution >= 4 is 46.0 Å². The summed E-state index contributed by atoms with van der Waals surface area (Å²) in [6, 6.07) is 20.5. The van der Waals surface area contributed by atoms with Gasteiger partial charge in [0.15, 0.2) is 0 Å². The molecule has 0 aromatic heterocycles. The fourth-order valence-electron chi connectivity index (χ4n) is 3.31. The van der Waals surface area contributed by atoms with Crippen LogP contribution in [0.1, 0.15) is 11.1 Å². The van der Waals surface area contributed by atoms with Crippen molar-refractivity contribution in [2.24, 2.45) is 0 Å². The summed E-state index contributed by atoms with van der Waals surface area (Å²) in [6.45, 7) is 2.56. The molecule has 2 aliphatic rings. The second-order valence-electron chi connectivity index (χ2n) is 6.85. The molecule has 2 aromatic carbocycles. The first-order valence-corrected chi connectivity index (χ1v) is 11.8. The molecule has 0 bridgehead atoms. The first kappa shape index (κ1) is 20.3. The van der Waals surface area contributed by atoms with E-state index in [-0.39, 0.29) is 5.91 Å². The molecule has 1 amide bonds. The van der Waals surface area contributed by atoms with Crippen LogP contribution in [0.3, 0.4) is 0 Å². The van der Waals surface area contributed by atoms with E-state index >= 15 is 0 Å². The summed E-state index contributed by atoms with van der Waals surface area (Å²) in [7, 11) is 0. The second-order valence-corrected chi connectivity index (χ2v) is 9.64. The lowest BCUT2D eigenvalue weighted by Gasteiger charge is -2.18. The number of thioether (sulfide) groups is 2. The summed E-state index contributed by atoms with van der Waals surface area (Å²) < 4.78 is 0.628. The topological polar surface area (TPSA) is 23.6 Å². The molecule has 29 heavy (non-hydrogen) atoms. The number of thiocarbonyl (C=S) groups is 1. The van der Waals surface area contributed by atoms with E-state index in [0.717, 1.165) is 30.8 Å².